The predicted octanol–water partition coefficient (Wildman–Crippen LogP) is 3.99. The number of nitrogens with one attached hydrogen (secondary N) is 2. The third kappa shape index (κ3) is 3.83. The highest BCUT2D eigenvalue weighted by atomic mass is 32.1. The molecule has 2 aromatic carbocycles. The van der Waals surface area contributed by atoms with Gasteiger partial charge in [0, 0.05) is 11.0 Å². The summed E-state index contributed by atoms with van der Waals surface area (Å²) in [6, 6.07) is 19.7. The van der Waals surface area contributed by atoms with Crippen LogP contribution in [-0.4, -0.2) is 11.8 Å². The Balaban J connectivity index is 1.41. The first kappa shape index (κ1) is 17.2. The number of thiophene rings is 1. The van der Waals surface area contributed by atoms with Gasteiger partial charge in [-0.25, -0.2) is 0 Å². The van der Waals surface area contributed by atoms with Crippen LogP contribution in [0.25, 0.3) is 16.5 Å². The van der Waals surface area contributed by atoms with Crippen molar-refractivity contribution in [2.45, 2.75) is 12.8 Å². The monoisotopic (exact) mass is 374 g/mol. The van der Waals surface area contributed by atoms with Gasteiger partial charge in [-0.1, -0.05) is 54.6 Å². The zero-order chi connectivity index (χ0) is 18.6. The first-order valence-corrected chi connectivity index (χ1v) is 9.57. The van der Waals surface area contributed by atoms with E-state index in [1.807, 2.05) is 48.5 Å². The molecule has 27 heavy (non-hydrogen) atoms. The lowest BCUT2D eigenvalue weighted by molar-refractivity contribution is -0.117. The van der Waals surface area contributed by atoms with E-state index in [4.69, 9.17) is 0 Å². The van der Waals surface area contributed by atoms with Gasteiger partial charge >= 0.3 is 0 Å². The maximum absolute atomic E-state index is 12.4. The summed E-state index contributed by atoms with van der Waals surface area (Å²) in [7, 11) is 0. The lowest BCUT2D eigenvalue weighted by atomic mass is 9.91. The molecule has 1 aliphatic carbocycles. The van der Waals surface area contributed by atoms with Crippen LogP contribution in [0.5, 0.6) is 0 Å². The Kier molecular flexibility index (Phi) is 4.85. The van der Waals surface area contributed by atoms with Gasteiger partial charge in [-0.2, -0.15) is 0 Å². The van der Waals surface area contributed by atoms with Gasteiger partial charge in [0.2, 0.25) is 0 Å². The zero-order valence-electron chi connectivity index (χ0n) is 14.6. The second-order valence-corrected chi connectivity index (χ2v) is 7.36. The summed E-state index contributed by atoms with van der Waals surface area (Å²) in [6.07, 6.45) is 5.01. The maximum Gasteiger partial charge on any atom is 0.279 e. The molecule has 0 saturated heterocycles. The van der Waals surface area contributed by atoms with Crippen molar-refractivity contribution in [3.63, 3.8) is 0 Å². The summed E-state index contributed by atoms with van der Waals surface area (Å²) >= 11 is 1.47. The SMILES string of the molecule is O=C(C=Cc1ccccc1)NNC(=O)c1cc2c(s1)-c1ccccc1CC2. The number of carbonyl (C=O) groups is 2. The Hall–Kier alpha value is -3.18. The molecule has 0 spiro atoms. The number of hydrazine groups is 1. The van der Waals surface area contributed by atoms with Crippen LogP contribution < -0.4 is 10.9 Å². The number of benzene rings is 2. The van der Waals surface area contributed by atoms with Crippen LogP contribution in [0.2, 0.25) is 0 Å². The Bertz CT molecular complexity index is 1020. The average Bonchev–Trinajstić information content (AvgIpc) is 3.16. The fourth-order valence-electron chi connectivity index (χ4n) is 3.14. The summed E-state index contributed by atoms with van der Waals surface area (Å²) in [5, 5.41) is 0. The Morgan fingerprint density at radius 3 is 2.48 bits per heavy atom. The van der Waals surface area contributed by atoms with Gasteiger partial charge < -0.3 is 0 Å². The lowest BCUT2D eigenvalue weighted by Gasteiger charge is -2.15. The van der Waals surface area contributed by atoms with Gasteiger partial charge in [0.05, 0.1) is 4.88 Å². The molecule has 0 aliphatic heterocycles. The van der Waals surface area contributed by atoms with Crippen LogP contribution in [0.15, 0.2) is 66.7 Å². The highest BCUT2D eigenvalue weighted by Crippen LogP contribution is 2.39. The number of hydrogen-bond donors (Lipinski definition) is 2. The summed E-state index contributed by atoms with van der Waals surface area (Å²) < 4.78 is 0. The van der Waals surface area contributed by atoms with Crippen LogP contribution in [0.4, 0.5) is 0 Å². The quantitative estimate of drug-likeness (QED) is 0.538. The van der Waals surface area contributed by atoms with E-state index in [-0.39, 0.29) is 11.8 Å². The normalized spacial score (nSPS) is 12.3. The average molecular weight is 374 g/mol. The van der Waals surface area contributed by atoms with Gasteiger partial charge in [-0.3, -0.25) is 20.4 Å². The summed E-state index contributed by atoms with van der Waals surface area (Å²) in [4.78, 5) is 26.1. The van der Waals surface area contributed by atoms with Crippen molar-refractivity contribution in [3.05, 3.63) is 88.3 Å². The minimum Gasteiger partial charge on any atom is -0.268 e. The summed E-state index contributed by atoms with van der Waals surface area (Å²) in [5.74, 6) is -0.674. The fourth-order valence-corrected chi connectivity index (χ4v) is 4.31. The van der Waals surface area contributed by atoms with E-state index < -0.39 is 0 Å². The summed E-state index contributed by atoms with van der Waals surface area (Å²) in [6.45, 7) is 0. The number of rotatable bonds is 3. The van der Waals surface area contributed by atoms with Gasteiger partial charge in [0.25, 0.3) is 11.8 Å². The van der Waals surface area contributed by atoms with Gasteiger partial charge in [-0.15, -0.1) is 11.3 Å². The van der Waals surface area contributed by atoms with Crippen molar-refractivity contribution in [2.75, 3.05) is 0 Å². The molecule has 3 aromatic rings. The third-order valence-electron chi connectivity index (χ3n) is 4.48. The molecular weight excluding hydrogens is 356 g/mol. The highest BCUT2D eigenvalue weighted by molar-refractivity contribution is 7.17. The molecule has 2 N–H and O–H groups in total. The molecule has 4 nitrogen and oxygen atoms in total. The topological polar surface area (TPSA) is 58.2 Å². The van der Waals surface area contributed by atoms with E-state index >= 15 is 0 Å². The predicted molar refractivity (Wildman–Crippen MR) is 108 cm³/mol. The number of amides is 2. The third-order valence-corrected chi connectivity index (χ3v) is 5.69. The minimum absolute atomic E-state index is 0.298. The number of fused-ring (bicyclic) bond motifs is 3. The van der Waals surface area contributed by atoms with Crippen molar-refractivity contribution in [2.24, 2.45) is 0 Å². The molecule has 1 aromatic heterocycles. The molecule has 0 fully saturated rings. The van der Waals surface area contributed by atoms with Crippen LogP contribution in [-0.2, 0) is 17.6 Å². The van der Waals surface area contributed by atoms with Crippen LogP contribution >= 0.6 is 11.3 Å². The van der Waals surface area contributed by atoms with Gasteiger partial charge in [-0.05, 0) is 47.2 Å². The van der Waals surface area contributed by atoms with Crippen LogP contribution in [0.1, 0.15) is 26.4 Å². The number of aryl methyl sites for hydroxylation is 2. The first-order valence-electron chi connectivity index (χ1n) is 8.75. The molecule has 0 radical (unpaired) electrons. The zero-order valence-corrected chi connectivity index (χ0v) is 15.4. The van der Waals surface area contributed by atoms with E-state index in [1.54, 1.807) is 6.08 Å². The van der Waals surface area contributed by atoms with Crippen molar-refractivity contribution in [1.29, 1.82) is 0 Å². The molecule has 0 atom stereocenters. The minimum atomic E-state index is -0.376. The Morgan fingerprint density at radius 2 is 1.63 bits per heavy atom. The molecule has 4 rings (SSSR count). The Labute approximate surface area is 161 Å². The number of hydrogen-bond acceptors (Lipinski definition) is 3. The maximum atomic E-state index is 12.4. The van der Waals surface area contributed by atoms with E-state index in [1.165, 1.54) is 34.1 Å². The van der Waals surface area contributed by atoms with E-state index in [0.29, 0.717) is 4.88 Å². The fraction of sp³-hybridized carbons (Fsp3) is 0.0909. The van der Waals surface area contributed by atoms with E-state index in [2.05, 4.69) is 23.0 Å². The van der Waals surface area contributed by atoms with Crippen molar-refractivity contribution >= 4 is 29.2 Å². The smallest absolute Gasteiger partial charge is 0.268 e. The van der Waals surface area contributed by atoms with Crippen LogP contribution in [0, 0.1) is 0 Å². The largest absolute Gasteiger partial charge is 0.279 e. The number of carbonyl (C=O) groups excluding carboxylic acids is 2. The van der Waals surface area contributed by atoms with E-state index in [0.717, 1.165) is 23.3 Å². The molecule has 2 amide bonds. The second kappa shape index (κ2) is 7.60. The molecular formula is C22H18N2O2S. The molecule has 134 valence electrons. The molecule has 0 bridgehead atoms. The molecule has 1 aliphatic rings. The van der Waals surface area contributed by atoms with Crippen molar-refractivity contribution in [1.82, 2.24) is 10.9 Å². The summed E-state index contributed by atoms with van der Waals surface area (Å²) in [5.41, 5.74) is 9.56. The van der Waals surface area contributed by atoms with Crippen molar-refractivity contribution in [3.8, 4) is 10.4 Å². The second-order valence-electron chi connectivity index (χ2n) is 6.31. The van der Waals surface area contributed by atoms with Crippen LogP contribution in [0.3, 0.4) is 0 Å². The van der Waals surface area contributed by atoms with Gasteiger partial charge in [0.1, 0.15) is 0 Å². The highest BCUT2D eigenvalue weighted by Gasteiger charge is 2.21. The molecule has 5 heteroatoms. The first-order chi connectivity index (χ1) is 13.2. The standard InChI is InChI=1S/C22H18N2O2S/c25-20(13-10-15-6-2-1-3-7-15)23-24-22(26)19-14-17-12-11-16-8-4-5-9-18(16)21(17)27-19/h1-10,13-14H,11-12H2,(H,23,25)(H,24,26). The van der Waals surface area contributed by atoms with E-state index in [9.17, 15) is 9.59 Å². The Morgan fingerprint density at radius 1 is 0.889 bits per heavy atom. The lowest BCUT2D eigenvalue weighted by Crippen LogP contribution is -2.40. The molecule has 1 heterocycles. The molecule has 0 saturated carbocycles. The van der Waals surface area contributed by atoms with Crippen molar-refractivity contribution < 1.29 is 9.59 Å². The van der Waals surface area contributed by atoms with Gasteiger partial charge in [0.15, 0.2) is 0 Å². The molecule has 0 unspecified atom stereocenters.